The Bertz CT molecular complexity index is 225. The number of halogens is 1. The standard InChI is InChI=1S/C8H12BrNO2/c1-10-6(5-11)3-4-7(9)8(10)12-2/h3-4,8,11H,5H2,1-2H3. The molecule has 0 aromatic heterocycles. The van der Waals surface area contributed by atoms with Crippen molar-refractivity contribution >= 4 is 15.9 Å². The van der Waals surface area contributed by atoms with E-state index in [0.29, 0.717) is 0 Å². The molecular weight excluding hydrogens is 222 g/mol. The maximum atomic E-state index is 8.95. The summed E-state index contributed by atoms with van der Waals surface area (Å²) < 4.78 is 6.17. The maximum absolute atomic E-state index is 8.95. The molecule has 0 amide bonds. The van der Waals surface area contributed by atoms with Gasteiger partial charge in [-0.15, -0.1) is 0 Å². The fourth-order valence-corrected chi connectivity index (χ4v) is 1.77. The molecule has 12 heavy (non-hydrogen) atoms. The maximum Gasteiger partial charge on any atom is 0.162 e. The molecule has 3 nitrogen and oxygen atoms in total. The molecule has 1 atom stereocenters. The van der Waals surface area contributed by atoms with E-state index in [9.17, 15) is 0 Å². The van der Waals surface area contributed by atoms with Crippen LogP contribution in [0.1, 0.15) is 0 Å². The van der Waals surface area contributed by atoms with Gasteiger partial charge in [0, 0.05) is 24.3 Å². The summed E-state index contributed by atoms with van der Waals surface area (Å²) in [5.74, 6) is 0. The predicted octanol–water partition coefficient (Wildman–Crippen LogP) is 1.06. The number of hydrogen-bond donors (Lipinski definition) is 1. The molecule has 0 bridgehead atoms. The molecule has 0 saturated carbocycles. The topological polar surface area (TPSA) is 32.7 Å². The summed E-state index contributed by atoms with van der Waals surface area (Å²) in [6, 6.07) is 0. The predicted molar refractivity (Wildman–Crippen MR) is 50.7 cm³/mol. The zero-order valence-electron chi connectivity index (χ0n) is 7.12. The van der Waals surface area contributed by atoms with Crippen LogP contribution in [-0.2, 0) is 4.74 Å². The van der Waals surface area contributed by atoms with Crippen LogP contribution in [0.4, 0.5) is 0 Å². The second kappa shape index (κ2) is 4.07. The second-order valence-corrected chi connectivity index (χ2v) is 3.48. The molecule has 0 aromatic carbocycles. The lowest BCUT2D eigenvalue weighted by atomic mass is 10.2. The minimum Gasteiger partial charge on any atom is -0.390 e. The fourth-order valence-electron chi connectivity index (χ4n) is 1.15. The van der Waals surface area contributed by atoms with E-state index >= 15 is 0 Å². The lowest BCUT2D eigenvalue weighted by Crippen LogP contribution is -2.35. The molecule has 0 aromatic rings. The summed E-state index contributed by atoms with van der Waals surface area (Å²) >= 11 is 3.38. The zero-order chi connectivity index (χ0) is 9.14. The van der Waals surface area contributed by atoms with Crippen molar-refractivity contribution in [1.29, 1.82) is 0 Å². The molecule has 0 spiro atoms. The van der Waals surface area contributed by atoms with E-state index in [1.807, 2.05) is 24.1 Å². The highest BCUT2D eigenvalue weighted by Crippen LogP contribution is 2.24. The van der Waals surface area contributed by atoms with E-state index in [1.54, 1.807) is 7.11 Å². The normalized spacial score (nSPS) is 23.7. The highest BCUT2D eigenvalue weighted by atomic mass is 79.9. The summed E-state index contributed by atoms with van der Waals surface area (Å²) in [5.41, 5.74) is 0.852. The molecular formula is C8H12BrNO2. The Morgan fingerprint density at radius 3 is 2.83 bits per heavy atom. The van der Waals surface area contributed by atoms with Crippen molar-refractivity contribution in [3.05, 3.63) is 22.3 Å². The third-order valence-electron chi connectivity index (χ3n) is 1.86. The van der Waals surface area contributed by atoms with Crippen molar-refractivity contribution in [3.8, 4) is 0 Å². The highest BCUT2D eigenvalue weighted by Gasteiger charge is 2.21. The summed E-state index contributed by atoms with van der Waals surface area (Å²) in [5, 5.41) is 8.95. The zero-order valence-corrected chi connectivity index (χ0v) is 8.71. The van der Waals surface area contributed by atoms with E-state index in [4.69, 9.17) is 9.84 Å². The number of aliphatic hydroxyl groups excluding tert-OH is 1. The molecule has 0 radical (unpaired) electrons. The summed E-state index contributed by atoms with van der Waals surface area (Å²) in [7, 11) is 3.51. The van der Waals surface area contributed by atoms with E-state index in [2.05, 4.69) is 15.9 Å². The van der Waals surface area contributed by atoms with Gasteiger partial charge in [0.1, 0.15) is 0 Å². The molecule has 68 valence electrons. The van der Waals surface area contributed by atoms with Gasteiger partial charge in [-0.2, -0.15) is 0 Å². The first-order chi connectivity index (χ1) is 5.70. The van der Waals surface area contributed by atoms with E-state index in [0.717, 1.165) is 10.2 Å². The Labute approximate surface area is 80.4 Å². The second-order valence-electron chi connectivity index (χ2n) is 2.57. The van der Waals surface area contributed by atoms with Crippen molar-refractivity contribution in [2.75, 3.05) is 20.8 Å². The third-order valence-corrected chi connectivity index (χ3v) is 2.52. The molecule has 1 unspecified atom stereocenters. The molecule has 4 heteroatoms. The smallest absolute Gasteiger partial charge is 0.162 e. The van der Waals surface area contributed by atoms with Gasteiger partial charge in [-0.05, 0) is 12.2 Å². The number of hydrogen-bond acceptors (Lipinski definition) is 3. The van der Waals surface area contributed by atoms with Gasteiger partial charge in [0.2, 0.25) is 0 Å². The van der Waals surface area contributed by atoms with Gasteiger partial charge < -0.3 is 14.7 Å². The van der Waals surface area contributed by atoms with Crippen molar-refractivity contribution < 1.29 is 9.84 Å². The average Bonchev–Trinajstić information content (AvgIpc) is 2.06. The van der Waals surface area contributed by atoms with Gasteiger partial charge >= 0.3 is 0 Å². The van der Waals surface area contributed by atoms with Gasteiger partial charge in [-0.25, -0.2) is 0 Å². The summed E-state index contributed by atoms with van der Waals surface area (Å²) in [6.07, 6.45) is 3.64. The van der Waals surface area contributed by atoms with Crippen LogP contribution in [0.3, 0.4) is 0 Å². The summed E-state index contributed by atoms with van der Waals surface area (Å²) in [4.78, 5) is 1.88. The number of likely N-dealkylation sites (N-methyl/N-ethyl adjacent to an activating group) is 1. The summed E-state index contributed by atoms with van der Waals surface area (Å²) in [6.45, 7) is 0.0349. The average molecular weight is 234 g/mol. The quantitative estimate of drug-likeness (QED) is 0.775. The number of ether oxygens (including phenoxy) is 1. The van der Waals surface area contributed by atoms with Crippen molar-refractivity contribution in [3.63, 3.8) is 0 Å². The Morgan fingerprint density at radius 1 is 1.67 bits per heavy atom. The van der Waals surface area contributed by atoms with Crippen LogP contribution in [0, 0.1) is 0 Å². The fraction of sp³-hybridized carbons (Fsp3) is 0.500. The van der Waals surface area contributed by atoms with Crippen LogP contribution >= 0.6 is 15.9 Å². The lowest BCUT2D eigenvalue weighted by Gasteiger charge is -2.32. The SMILES string of the molecule is COC1C(Br)=CC=C(CO)N1C. The van der Waals surface area contributed by atoms with Gasteiger partial charge in [0.15, 0.2) is 6.23 Å². The monoisotopic (exact) mass is 233 g/mol. The van der Waals surface area contributed by atoms with Crippen LogP contribution in [-0.4, -0.2) is 37.0 Å². The number of allylic oxidation sites excluding steroid dienone is 2. The van der Waals surface area contributed by atoms with Crippen molar-refractivity contribution in [2.45, 2.75) is 6.23 Å². The Kier molecular flexibility index (Phi) is 3.31. The molecule has 1 N–H and O–H groups in total. The van der Waals surface area contributed by atoms with Gasteiger partial charge in [0.25, 0.3) is 0 Å². The van der Waals surface area contributed by atoms with Crippen LogP contribution < -0.4 is 0 Å². The first kappa shape index (κ1) is 9.77. The third kappa shape index (κ3) is 1.71. The molecule has 0 fully saturated rings. The number of nitrogens with zero attached hydrogens (tertiary/aromatic N) is 1. The molecule has 1 rings (SSSR count). The molecule has 0 saturated heterocycles. The van der Waals surface area contributed by atoms with Crippen LogP contribution in [0.2, 0.25) is 0 Å². The number of methoxy groups -OCH3 is 1. The first-order valence-electron chi connectivity index (χ1n) is 3.63. The minimum absolute atomic E-state index is 0.0349. The molecule has 1 aliphatic rings. The van der Waals surface area contributed by atoms with E-state index in [-0.39, 0.29) is 12.8 Å². The Balaban J connectivity index is 2.84. The van der Waals surface area contributed by atoms with Crippen LogP contribution in [0.25, 0.3) is 0 Å². The lowest BCUT2D eigenvalue weighted by molar-refractivity contribution is 0.0278. The number of aliphatic hydroxyl groups is 1. The molecule has 1 aliphatic heterocycles. The largest absolute Gasteiger partial charge is 0.390 e. The Morgan fingerprint density at radius 2 is 2.33 bits per heavy atom. The first-order valence-corrected chi connectivity index (χ1v) is 4.42. The molecule has 1 heterocycles. The van der Waals surface area contributed by atoms with E-state index < -0.39 is 0 Å². The van der Waals surface area contributed by atoms with Crippen LogP contribution in [0.5, 0.6) is 0 Å². The highest BCUT2D eigenvalue weighted by molar-refractivity contribution is 9.11. The number of rotatable bonds is 2. The Hall–Kier alpha value is -0.320. The van der Waals surface area contributed by atoms with E-state index in [1.165, 1.54) is 0 Å². The minimum atomic E-state index is -0.114. The van der Waals surface area contributed by atoms with Crippen molar-refractivity contribution in [2.24, 2.45) is 0 Å². The van der Waals surface area contributed by atoms with Gasteiger partial charge in [0.05, 0.1) is 6.61 Å². The molecule has 0 aliphatic carbocycles. The van der Waals surface area contributed by atoms with Crippen molar-refractivity contribution in [1.82, 2.24) is 4.90 Å². The van der Waals surface area contributed by atoms with Gasteiger partial charge in [-0.3, -0.25) is 0 Å². The van der Waals surface area contributed by atoms with Crippen LogP contribution in [0.15, 0.2) is 22.3 Å². The van der Waals surface area contributed by atoms with Gasteiger partial charge in [-0.1, -0.05) is 15.9 Å².